The topological polar surface area (TPSA) is 44.3 Å². The van der Waals surface area contributed by atoms with Crippen molar-refractivity contribution in [1.29, 1.82) is 0 Å². The fourth-order valence-corrected chi connectivity index (χ4v) is 3.09. The van der Waals surface area contributed by atoms with Gasteiger partial charge in [-0.05, 0) is 39.0 Å². The molecule has 0 amide bonds. The first-order valence-corrected chi connectivity index (χ1v) is 7.19. The highest BCUT2D eigenvalue weighted by Crippen LogP contribution is 2.26. The summed E-state index contributed by atoms with van der Waals surface area (Å²) >= 11 is 0. The van der Waals surface area contributed by atoms with Crippen molar-refractivity contribution in [3.8, 4) is 0 Å². The zero-order valence-electron chi connectivity index (χ0n) is 11.8. The Morgan fingerprint density at radius 2 is 1.95 bits per heavy atom. The van der Waals surface area contributed by atoms with Crippen LogP contribution >= 0.6 is 0 Å². The van der Waals surface area contributed by atoms with Crippen LogP contribution in [-0.2, 0) is 0 Å². The van der Waals surface area contributed by atoms with Gasteiger partial charge in [-0.25, -0.2) is 9.97 Å². The van der Waals surface area contributed by atoms with Crippen LogP contribution in [0.5, 0.6) is 0 Å². The number of likely N-dealkylation sites (N-methyl/N-ethyl adjacent to an activating group) is 2. The number of rotatable bonds is 3. The van der Waals surface area contributed by atoms with E-state index in [-0.39, 0.29) is 0 Å². The van der Waals surface area contributed by atoms with E-state index in [0.717, 1.165) is 25.6 Å². The summed E-state index contributed by atoms with van der Waals surface area (Å²) in [5, 5.41) is 3.32. The van der Waals surface area contributed by atoms with Gasteiger partial charge in [-0.1, -0.05) is 0 Å². The molecule has 2 saturated heterocycles. The maximum atomic E-state index is 4.57. The minimum absolute atomic E-state index is 0.576. The van der Waals surface area contributed by atoms with Gasteiger partial charge in [0, 0.05) is 44.0 Å². The summed E-state index contributed by atoms with van der Waals surface area (Å²) < 4.78 is 0. The van der Waals surface area contributed by atoms with Gasteiger partial charge in [0.15, 0.2) is 0 Å². The predicted molar refractivity (Wildman–Crippen MR) is 76.6 cm³/mol. The third-order valence-electron chi connectivity index (χ3n) is 4.40. The van der Waals surface area contributed by atoms with Crippen LogP contribution in [0.4, 0.5) is 5.95 Å². The van der Waals surface area contributed by atoms with Crippen molar-refractivity contribution in [3.63, 3.8) is 0 Å². The van der Waals surface area contributed by atoms with E-state index in [1.54, 1.807) is 0 Å². The summed E-state index contributed by atoms with van der Waals surface area (Å²) in [4.78, 5) is 13.8. The monoisotopic (exact) mass is 261 g/mol. The molecule has 1 N–H and O–H groups in total. The average Bonchev–Trinajstić information content (AvgIpc) is 3.07. The van der Waals surface area contributed by atoms with Crippen molar-refractivity contribution in [2.45, 2.75) is 24.8 Å². The largest absolute Gasteiger partial charge is 0.339 e. The van der Waals surface area contributed by atoms with Crippen molar-refractivity contribution in [1.82, 2.24) is 20.2 Å². The molecular formula is C14H23N5. The van der Waals surface area contributed by atoms with Gasteiger partial charge in [0.2, 0.25) is 5.95 Å². The van der Waals surface area contributed by atoms with E-state index in [9.17, 15) is 0 Å². The van der Waals surface area contributed by atoms with E-state index in [1.165, 1.54) is 24.9 Å². The summed E-state index contributed by atoms with van der Waals surface area (Å²) in [7, 11) is 4.20. The molecule has 1 aromatic heterocycles. The maximum Gasteiger partial charge on any atom is 0.225 e. The van der Waals surface area contributed by atoms with Gasteiger partial charge in [0.25, 0.3) is 0 Å². The highest BCUT2D eigenvalue weighted by Gasteiger charge is 2.24. The molecular weight excluding hydrogens is 238 g/mol. The molecule has 3 heterocycles. The quantitative estimate of drug-likeness (QED) is 0.867. The van der Waals surface area contributed by atoms with Crippen molar-refractivity contribution < 1.29 is 0 Å². The summed E-state index contributed by atoms with van der Waals surface area (Å²) in [5.74, 6) is 1.50. The number of nitrogens with zero attached hydrogens (tertiary/aromatic N) is 4. The summed E-state index contributed by atoms with van der Waals surface area (Å²) in [6.07, 6.45) is 6.46. The third kappa shape index (κ3) is 2.72. The molecule has 0 bridgehead atoms. The Bertz CT molecular complexity index is 418. The first kappa shape index (κ1) is 12.8. The Hall–Kier alpha value is -1.20. The van der Waals surface area contributed by atoms with Gasteiger partial charge in [-0.3, -0.25) is 0 Å². The van der Waals surface area contributed by atoms with E-state index < -0.39 is 0 Å². The molecule has 5 nitrogen and oxygen atoms in total. The minimum Gasteiger partial charge on any atom is -0.339 e. The van der Waals surface area contributed by atoms with Crippen LogP contribution in [0.2, 0.25) is 0 Å². The fraction of sp³-hybridized carbons (Fsp3) is 0.714. The van der Waals surface area contributed by atoms with Crippen LogP contribution in [0.15, 0.2) is 12.4 Å². The van der Waals surface area contributed by atoms with Crippen LogP contribution in [0.3, 0.4) is 0 Å². The molecule has 0 spiro atoms. The number of anilines is 1. The molecule has 3 rings (SSSR count). The van der Waals surface area contributed by atoms with E-state index in [4.69, 9.17) is 0 Å². The molecule has 19 heavy (non-hydrogen) atoms. The molecule has 2 aliphatic heterocycles. The van der Waals surface area contributed by atoms with Gasteiger partial charge in [0.05, 0.1) is 0 Å². The predicted octanol–water partition coefficient (Wildman–Crippen LogP) is 0.694. The summed E-state index contributed by atoms with van der Waals surface area (Å²) in [6, 6.07) is 0.576. The second-order valence-electron chi connectivity index (χ2n) is 5.78. The number of aromatic nitrogens is 2. The SMILES string of the molecule is CNC1CCN(c2ncc(C3CCN(C)C3)cn2)C1. The van der Waals surface area contributed by atoms with E-state index in [1.807, 2.05) is 19.4 Å². The van der Waals surface area contributed by atoms with Gasteiger partial charge in [0.1, 0.15) is 0 Å². The average molecular weight is 261 g/mol. The number of hydrogen-bond acceptors (Lipinski definition) is 5. The lowest BCUT2D eigenvalue weighted by Gasteiger charge is -2.17. The molecule has 0 saturated carbocycles. The molecule has 5 heteroatoms. The van der Waals surface area contributed by atoms with Crippen LogP contribution in [0.25, 0.3) is 0 Å². The normalized spacial score (nSPS) is 28.2. The number of nitrogens with one attached hydrogen (secondary N) is 1. The molecule has 0 aromatic carbocycles. The first-order valence-electron chi connectivity index (χ1n) is 7.19. The smallest absolute Gasteiger partial charge is 0.225 e. The zero-order valence-corrected chi connectivity index (χ0v) is 11.8. The van der Waals surface area contributed by atoms with E-state index in [2.05, 4.69) is 32.1 Å². The number of hydrogen-bond donors (Lipinski definition) is 1. The third-order valence-corrected chi connectivity index (χ3v) is 4.40. The Balaban J connectivity index is 1.66. The van der Waals surface area contributed by atoms with Crippen molar-refractivity contribution in [2.75, 3.05) is 45.2 Å². The summed E-state index contributed by atoms with van der Waals surface area (Å²) in [5.41, 5.74) is 1.29. The Kier molecular flexibility index (Phi) is 3.66. The number of likely N-dealkylation sites (tertiary alicyclic amines) is 1. The second-order valence-corrected chi connectivity index (χ2v) is 5.78. The Morgan fingerprint density at radius 3 is 2.53 bits per heavy atom. The lowest BCUT2D eigenvalue weighted by atomic mass is 10.0. The maximum absolute atomic E-state index is 4.57. The molecule has 2 unspecified atom stereocenters. The second kappa shape index (κ2) is 5.43. The first-order chi connectivity index (χ1) is 9.26. The molecule has 104 valence electrons. The van der Waals surface area contributed by atoms with Crippen LogP contribution in [0, 0.1) is 0 Å². The minimum atomic E-state index is 0.576. The molecule has 2 fully saturated rings. The van der Waals surface area contributed by atoms with Crippen LogP contribution < -0.4 is 10.2 Å². The zero-order chi connectivity index (χ0) is 13.2. The molecule has 1 aromatic rings. The molecule has 0 radical (unpaired) electrons. The lowest BCUT2D eigenvalue weighted by Crippen LogP contribution is -2.30. The lowest BCUT2D eigenvalue weighted by molar-refractivity contribution is 0.411. The van der Waals surface area contributed by atoms with Crippen molar-refractivity contribution >= 4 is 5.95 Å². The molecule has 0 aliphatic carbocycles. The van der Waals surface area contributed by atoms with Crippen LogP contribution in [-0.4, -0.2) is 61.2 Å². The van der Waals surface area contributed by atoms with Crippen molar-refractivity contribution in [3.05, 3.63) is 18.0 Å². The highest BCUT2D eigenvalue weighted by molar-refractivity contribution is 5.33. The van der Waals surface area contributed by atoms with Crippen molar-refractivity contribution in [2.24, 2.45) is 0 Å². The standard InChI is InChI=1S/C14H23N5/c1-15-13-4-6-19(10-13)14-16-7-12(8-17-14)11-3-5-18(2)9-11/h7-8,11,13,15H,3-6,9-10H2,1-2H3. The Labute approximate surface area is 115 Å². The van der Waals surface area contributed by atoms with Gasteiger partial charge in [-0.2, -0.15) is 0 Å². The molecule has 2 aliphatic rings. The van der Waals surface area contributed by atoms with Gasteiger partial charge >= 0.3 is 0 Å². The van der Waals surface area contributed by atoms with E-state index in [0.29, 0.717) is 12.0 Å². The van der Waals surface area contributed by atoms with Crippen LogP contribution in [0.1, 0.15) is 24.3 Å². The summed E-state index contributed by atoms with van der Waals surface area (Å²) in [6.45, 7) is 4.38. The van der Waals surface area contributed by atoms with Gasteiger partial charge < -0.3 is 15.1 Å². The Morgan fingerprint density at radius 1 is 1.16 bits per heavy atom. The van der Waals surface area contributed by atoms with Gasteiger partial charge in [-0.15, -0.1) is 0 Å². The highest BCUT2D eigenvalue weighted by atomic mass is 15.3. The fourth-order valence-electron chi connectivity index (χ4n) is 3.09. The molecule has 2 atom stereocenters. The van der Waals surface area contributed by atoms with E-state index >= 15 is 0 Å².